The average molecular weight is 309 g/mol. The van der Waals surface area contributed by atoms with Crippen molar-refractivity contribution in [1.29, 1.82) is 0 Å². The van der Waals surface area contributed by atoms with Gasteiger partial charge in [-0.05, 0) is 43.4 Å². The van der Waals surface area contributed by atoms with Crippen molar-refractivity contribution in [3.63, 3.8) is 0 Å². The molecule has 1 aliphatic rings. The fourth-order valence-corrected chi connectivity index (χ4v) is 4.46. The molecule has 0 unspecified atom stereocenters. The van der Waals surface area contributed by atoms with Crippen LogP contribution in [0.1, 0.15) is 23.3 Å². The van der Waals surface area contributed by atoms with Gasteiger partial charge in [-0.15, -0.1) is 11.3 Å². The van der Waals surface area contributed by atoms with E-state index >= 15 is 0 Å². The Bertz CT molecular complexity index is 818. The maximum absolute atomic E-state index is 4.61. The maximum Gasteiger partial charge on any atom is 0.127 e. The summed E-state index contributed by atoms with van der Waals surface area (Å²) >= 11 is 1.86. The predicted molar refractivity (Wildman–Crippen MR) is 93.8 cm³/mol. The van der Waals surface area contributed by atoms with Gasteiger partial charge in [-0.1, -0.05) is 12.1 Å². The van der Waals surface area contributed by atoms with E-state index in [1.807, 2.05) is 11.3 Å². The second kappa shape index (κ2) is 5.36. The molecule has 0 radical (unpaired) electrons. The molecule has 0 saturated carbocycles. The van der Waals surface area contributed by atoms with Crippen LogP contribution in [0.4, 0.5) is 5.69 Å². The number of benzene rings is 1. The largest absolute Gasteiger partial charge is 0.378 e. The number of aromatic nitrogens is 2. The summed E-state index contributed by atoms with van der Waals surface area (Å²) in [7, 11) is 4.13. The minimum absolute atomic E-state index is 1.09. The van der Waals surface area contributed by atoms with Gasteiger partial charge in [0.2, 0.25) is 0 Å². The first-order valence-electron chi connectivity index (χ1n) is 7.77. The number of nitrogens with zero attached hydrogens (tertiary/aromatic N) is 3. The molecule has 1 aromatic carbocycles. The van der Waals surface area contributed by atoms with Crippen LogP contribution in [0.5, 0.6) is 0 Å². The van der Waals surface area contributed by atoms with E-state index in [-0.39, 0.29) is 0 Å². The number of thiophene rings is 1. The van der Waals surface area contributed by atoms with E-state index in [1.165, 1.54) is 52.8 Å². The summed E-state index contributed by atoms with van der Waals surface area (Å²) in [6, 6.07) is 8.65. The first-order chi connectivity index (χ1) is 10.7. The smallest absolute Gasteiger partial charge is 0.127 e. The predicted octanol–water partition coefficient (Wildman–Crippen LogP) is 4.30. The lowest BCUT2D eigenvalue weighted by Crippen LogP contribution is -2.08. The highest BCUT2D eigenvalue weighted by atomic mass is 32.1. The SMILES string of the molecule is CN(C)c1ccc(-c2ncnc3sc4c(c23)CCCC4)cc1. The average Bonchev–Trinajstić information content (AvgIpc) is 2.93. The zero-order valence-corrected chi connectivity index (χ0v) is 13.8. The van der Waals surface area contributed by atoms with E-state index in [1.54, 1.807) is 6.33 Å². The molecule has 0 amide bonds. The number of aryl methyl sites for hydroxylation is 2. The highest BCUT2D eigenvalue weighted by Gasteiger charge is 2.20. The van der Waals surface area contributed by atoms with Crippen molar-refractivity contribution in [2.45, 2.75) is 25.7 Å². The fraction of sp³-hybridized carbons (Fsp3) is 0.333. The number of anilines is 1. The Hall–Kier alpha value is -1.94. The molecule has 0 fully saturated rings. The lowest BCUT2D eigenvalue weighted by Gasteiger charge is -2.14. The number of fused-ring (bicyclic) bond motifs is 3. The summed E-state index contributed by atoms with van der Waals surface area (Å²) in [5.74, 6) is 0. The maximum atomic E-state index is 4.61. The van der Waals surface area contributed by atoms with Crippen molar-refractivity contribution < 1.29 is 0 Å². The van der Waals surface area contributed by atoms with Crippen molar-refractivity contribution >= 4 is 27.2 Å². The topological polar surface area (TPSA) is 29.0 Å². The third-order valence-electron chi connectivity index (χ3n) is 4.41. The molecule has 112 valence electrons. The molecule has 0 N–H and O–H groups in total. The number of hydrogen-bond donors (Lipinski definition) is 0. The Morgan fingerprint density at radius 1 is 1.00 bits per heavy atom. The molecule has 3 nitrogen and oxygen atoms in total. The van der Waals surface area contributed by atoms with Gasteiger partial charge in [0, 0.05) is 35.6 Å². The Balaban J connectivity index is 1.89. The van der Waals surface area contributed by atoms with Gasteiger partial charge in [0.1, 0.15) is 11.2 Å². The van der Waals surface area contributed by atoms with Crippen LogP contribution in [0.2, 0.25) is 0 Å². The zero-order chi connectivity index (χ0) is 15.1. The third kappa shape index (κ3) is 2.18. The van der Waals surface area contributed by atoms with Crippen molar-refractivity contribution in [3.8, 4) is 11.3 Å². The molecule has 4 rings (SSSR count). The van der Waals surface area contributed by atoms with E-state index in [0.717, 1.165) is 10.5 Å². The Labute approximate surface area is 134 Å². The van der Waals surface area contributed by atoms with Gasteiger partial charge in [0.15, 0.2) is 0 Å². The lowest BCUT2D eigenvalue weighted by atomic mass is 9.95. The van der Waals surface area contributed by atoms with Gasteiger partial charge >= 0.3 is 0 Å². The zero-order valence-electron chi connectivity index (χ0n) is 13.0. The van der Waals surface area contributed by atoms with E-state index in [2.05, 4.69) is 53.2 Å². The van der Waals surface area contributed by atoms with Gasteiger partial charge < -0.3 is 4.90 Å². The van der Waals surface area contributed by atoms with E-state index in [9.17, 15) is 0 Å². The van der Waals surface area contributed by atoms with Crippen LogP contribution in [-0.4, -0.2) is 24.1 Å². The molecule has 0 atom stereocenters. The molecule has 0 spiro atoms. The molecule has 2 aromatic heterocycles. The Morgan fingerprint density at radius 2 is 1.77 bits per heavy atom. The second-order valence-electron chi connectivity index (χ2n) is 6.05. The van der Waals surface area contributed by atoms with Crippen LogP contribution in [0, 0.1) is 0 Å². The number of hydrogen-bond acceptors (Lipinski definition) is 4. The summed E-state index contributed by atoms with van der Waals surface area (Å²) in [6.07, 6.45) is 6.67. The first-order valence-corrected chi connectivity index (χ1v) is 8.58. The van der Waals surface area contributed by atoms with Crippen molar-refractivity contribution in [3.05, 3.63) is 41.0 Å². The molecule has 0 bridgehead atoms. The monoisotopic (exact) mass is 309 g/mol. The van der Waals surface area contributed by atoms with Crippen LogP contribution in [0.15, 0.2) is 30.6 Å². The minimum atomic E-state index is 1.09. The molecule has 22 heavy (non-hydrogen) atoms. The molecule has 3 aromatic rings. The van der Waals surface area contributed by atoms with E-state index < -0.39 is 0 Å². The van der Waals surface area contributed by atoms with Crippen LogP contribution < -0.4 is 4.90 Å². The summed E-state index contributed by atoms with van der Waals surface area (Å²) < 4.78 is 0. The van der Waals surface area contributed by atoms with Gasteiger partial charge in [-0.25, -0.2) is 9.97 Å². The molecular weight excluding hydrogens is 290 g/mol. The molecule has 1 aliphatic carbocycles. The van der Waals surface area contributed by atoms with E-state index in [4.69, 9.17) is 0 Å². The first kappa shape index (κ1) is 13.7. The van der Waals surface area contributed by atoms with Gasteiger partial charge in [0.25, 0.3) is 0 Å². The highest BCUT2D eigenvalue weighted by Crippen LogP contribution is 2.39. The summed E-state index contributed by atoms with van der Waals surface area (Å²) in [4.78, 5) is 13.9. The van der Waals surface area contributed by atoms with Crippen molar-refractivity contribution in [2.75, 3.05) is 19.0 Å². The van der Waals surface area contributed by atoms with Crippen LogP contribution >= 0.6 is 11.3 Å². The highest BCUT2D eigenvalue weighted by molar-refractivity contribution is 7.18. The summed E-state index contributed by atoms with van der Waals surface area (Å²) in [5.41, 5.74) is 4.99. The standard InChI is InChI=1S/C18H19N3S/c1-21(2)13-9-7-12(8-10-13)17-16-14-5-3-4-6-15(14)22-18(16)20-11-19-17/h7-11H,3-6H2,1-2H3. The van der Waals surface area contributed by atoms with Crippen LogP contribution in [0.3, 0.4) is 0 Å². The molecule has 0 aliphatic heterocycles. The van der Waals surface area contributed by atoms with Gasteiger partial charge in [-0.3, -0.25) is 0 Å². The van der Waals surface area contributed by atoms with Crippen molar-refractivity contribution in [1.82, 2.24) is 9.97 Å². The third-order valence-corrected chi connectivity index (χ3v) is 5.61. The normalized spacial score (nSPS) is 14.1. The van der Waals surface area contributed by atoms with Gasteiger partial charge in [0.05, 0.1) is 5.69 Å². The molecular formula is C18H19N3S. The molecule has 2 heterocycles. The summed E-state index contributed by atoms with van der Waals surface area (Å²) in [6.45, 7) is 0. The minimum Gasteiger partial charge on any atom is -0.378 e. The Kier molecular flexibility index (Phi) is 3.34. The molecule has 4 heteroatoms. The van der Waals surface area contributed by atoms with Crippen molar-refractivity contribution in [2.24, 2.45) is 0 Å². The van der Waals surface area contributed by atoms with E-state index in [0.29, 0.717) is 0 Å². The Morgan fingerprint density at radius 3 is 2.55 bits per heavy atom. The summed E-state index contributed by atoms with van der Waals surface area (Å²) in [5, 5.41) is 1.29. The second-order valence-corrected chi connectivity index (χ2v) is 7.14. The van der Waals surface area contributed by atoms with Gasteiger partial charge in [-0.2, -0.15) is 0 Å². The quantitative estimate of drug-likeness (QED) is 0.706. The lowest BCUT2D eigenvalue weighted by molar-refractivity contribution is 0.700. The van der Waals surface area contributed by atoms with Crippen LogP contribution in [-0.2, 0) is 12.8 Å². The molecule has 0 saturated heterocycles. The van der Waals surface area contributed by atoms with Crippen LogP contribution in [0.25, 0.3) is 21.5 Å². The fourth-order valence-electron chi connectivity index (χ4n) is 3.23. The number of rotatable bonds is 2.